The molecular weight excluding hydrogens is 364 g/mol. The number of benzene rings is 2. The molecule has 2 amide bonds. The lowest BCUT2D eigenvalue weighted by Crippen LogP contribution is -2.40. The summed E-state index contributed by atoms with van der Waals surface area (Å²) >= 11 is 0. The standard InChI is InChI=1S/C19H20N4O5/c20-17(21)13-2-1-3-15(8-13)28-10-14(9-16(24)25)23-19(27)12-6-4-11(5-7-12)18(22)26/h1-8,14H,9-10H2,(H3,20,21)(H2,22,26)(H,23,27)(H,24,25)/t14-/m1/s1. The second-order valence-electron chi connectivity index (χ2n) is 5.96. The summed E-state index contributed by atoms with van der Waals surface area (Å²) in [5.41, 5.74) is 11.6. The highest BCUT2D eigenvalue weighted by Gasteiger charge is 2.18. The molecule has 0 bridgehead atoms. The highest BCUT2D eigenvalue weighted by atomic mass is 16.5. The zero-order valence-electron chi connectivity index (χ0n) is 14.8. The van der Waals surface area contributed by atoms with Crippen molar-refractivity contribution in [3.05, 3.63) is 65.2 Å². The molecule has 9 heteroatoms. The number of carbonyl (C=O) groups excluding carboxylic acids is 2. The number of amidine groups is 1. The summed E-state index contributed by atoms with van der Waals surface area (Å²) in [6, 6.07) is 11.3. The number of hydrogen-bond acceptors (Lipinski definition) is 5. The first kappa shape index (κ1) is 20.4. The number of hydrogen-bond donors (Lipinski definition) is 5. The normalized spacial score (nSPS) is 11.3. The Hall–Kier alpha value is -3.88. The van der Waals surface area contributed by atoms with E-state index in [2.05, 4.69) is 5.32 Å². The Bertz CT molecular complexity index is 895. The van der Waals surface area contributed by atoms with Gasteiger partial charge in [-0.1, -0.05) is 12.1 Å². The molecule has 0 aromatic heterocycles. The van der Waals surface area contributed by atoms with E-state index in [1.54, 1.807) is 24.3 Å². The molecule has 0 aliphatic rings. The van der Waals surface area contributed by atoms with Gasteiger partial charge in [-0.05, 0) is 36.4 Å². The van der Waals surface area contributed by atoms with E-state index in [-0.39, 0.29) is 30.0 Å². The molecule has 7 N–H and O–H groups in total. The lowest BCUT2D eigenvalue weighted by atomic mass is 10.1. The number of ether oxygens (including phenoxy) is 1. The van der Waals surface area contributed by atoms with Gasteiger partial charge in [-0.2, -0.15) is 0 Å². The van der Waals surface area contributed by atoms with Crippen molar-refractivity contribution in [1.29, 1.82) is 5.41 Å². The fourth-order valence-electron chi connectivity index (χ4n) is 2.37. The van der Waals surface area contributed by atoms with Crippen LogP contribution in [0.2, 0.25) is 0 Å². The maximum atomic E-state index is 12.4. The van der Waals surface area contributed by atoms with Crippen LogP contribution in [0.15, 0.2) is 48.5 Å². The lowest BCUT2D eigenvalue weighted by molar-refractivity contribution is -0.137. The van der Waals surface area contributed by atoms with Crippen LogP contribution in [0.3, 0.4) is 0 Å². The molecule has 2 aromatic rings. The van der Waals surface area contributed by atoms with Gasteiger partial charge in [0.25, 0.3) is 5.91 Å². The van der Waals surface area contributed by atoms with Crippen LogP contribution in [0.4, 0.5) is 0 Å². The third-order valence-electron chi connectivity index (χ3n) is 3.78. The molecule has 28 heavy (non-hydrogen) atoms. The van der Waals surface area contributed by atoms with Crippen molar-refractivity contribution in [3.63, 3.8) is 0 Å². The van der Waals surface area contributed by atoms with Gasteiger partial charge in [-0.3, -0.25) is 19.8 Å². The number of nitrogens with two attached hydrogens (primary N) is 2. The molecular formula is C19H20N4O5. The third kappa shape index (κ3) is 5.84. The molecule has 0 saturated heterocycles. The molecule has 1 atom stereocenters. The predicted molar refractivity (Wildman–Crippen MR) is 101 cm³/mol. The Balaban J connectivity index is 2.05. The number of carbonyl (C=O) groups is 3. The Morgan fingerprint density at radius 3 is 2.25 bits per heavy atom. The number of aliphatic carboxylic acids is 1. The predicted octanol–water partition coefficient (Wildman–Crippen LogP) is 0.722. The van der Waals surface area contributed by atoms with E-state index >= 15 is 0 Å². The summed E-state index contributed by atoms with van der Waals surface area (Å²) in [4.78, 5) is 34.5. The van der Waals surface area contributed by atoms with Gasteiger partial charge in [0.15, 0.2) is 0 Å². The SMILES string of the molecule is N=C(N)c1cccc(OC[C@@H](CC(=O)O)NC(=O)c2ccc(C(N)=O)cc2)c1. The van der Waals surface area contributed by atoms with Gasteiger partial charge in [0.05, 0.1) is 12.5 Å². The van der Waals surface area contributed by atoms with Crippen LogP contribution in [-0.2, 0) is 4.79 Å². The van der Waals surface area contributed by atoms with Crippen LogP contribution in [-0.4, -0.2) is 41.4 Å². The van der Waals surface area contributed by atoms with Crippen molar-refractivity contribution >= 4 is 23.6 Å². The molecule has 0 fully saturated rings. The van der Waals surface area contributed by atoms with Crippen LogP contribution in [0.25, 0.3) is 0 Å². The fourth-order valence-corrected chi connectivity index (χ4v) is 2.37. The molecule has 0 saturated carbocycles. The first-order chi connectivity index (χ1) is 13.3. The Kier molecular flexibility index (Phi) is 6.69. The van der Waals surface area contributed by atoms with E-state index < -0.39 is 23.8 Å². The largest absolute Gasteiger partial charge is 0.491 e. The highest BCUT2D eigenvalue weighted by Crippen LogP contribution is 2.14. The van der Waals surface area contributed by atoms with E-state index in [4.69, 9.17) is 26.7 Å². The van der Waals surface area contributed by atoms with Gasteiger partial charge >= 0.3 is 5.97 Å². The monoisotopic (exact) mass is 384 g/mol. The topological polar surface area (TPSA) is 169 Å². The lowest BCUT2D eigenvalue weighted by Gasteiger charge is -2.18. The van der Waals surface area contributed by atoms with Crippen molar-refractivity contribution in [3.8, 4) is 5.75 Å². The van der Waals surface area contributed by atoms with Crippen molar-refractivity contribution in [1.82, 2.24) is 5.32 Å². The molecule has 0 aliphatic heterocycles. The van der Waals surface area contributed by atoms with Crippen LogP contribution in [0.5, 0.6) is 5.75 Å². The number of nitrogens with one attached hydrogen (secondary N) is 2. The average Bonchev–Trinajstić information content (AvgIpc) is 2.66. The van der Waals surface area contributed by atoms with Crippen molar-refractivity contribution in [2.24, 2.45) is 11.5 Å². The number of rotatable bonds is 9. The second-order valence-corrected chi connectivity index (χ2v) is 5.96. The van der Waals surface area contributed by atoms with E-state index in [0.717, 1.165) is 0 Å². The van der Waals surface area contributed by atoms with Crippen LogP contribution < -0.4 is 21.5 Å². The quantitative estimate of drug-likeness (QED) is 0.315. The Morgan fingerprint density at radius 2 is 1.68 bits per heavy atom. The summed E-state index contributed by atoms with van der Waals surface area (Å²) in [7, 11) is 0. The molecule has 0 heterocycles. The Morgan fingerprint density at radius 1 is 1.04 bits per heavy atom. The van der Waals surface area contributed by atoms with Gasteiger partial charge in [0.2, 0.25) is 5.91 Å². The average molecular weight is 384 g/mol. The zero-order valence-corrected chi connectivity index (χ0v) is 14.8. The fraction of sp³-hybridized carbons (Fsp3) is 0.158. The summed E-state index contributed by atoms with van der Waals surface area (Å²) in [5.74, 6) is -1.96. The maximum absolute atomic E-state index is 12.4. The van der Waals surface area contributed by atoms with E-state index in [0.29, 0.717) is 11.3 Å². The molecule has 0 spiro atoms. The first-order valence-corrected chi connectivity index (χ1v) is 8.26. The summed E-state index contributed by atoms with van der Waals surface area (Å²) in [6.07, 6.45) is -0.350. The van der Waals surface area contributed by atoms with Gasteiger partial charge in [0.1, 0.15) is 18.2 Å². The summed E-state index contributed by atoms with van der Waals surface area (Å²) in [6.45, 7) is -0.0984. The Labute approximate surface area is 160 Å². The molecule has 9 nitrogen and oxygen atoms in total. The molecule has 0 radical (unpaired) electrons. The number of primary amides is 1. The number of amides is 2. The van der Waals surface area contributed by atoms with Crippen molar-refractivity contribution < 1.29 is 24.2 Å². The van der Waals surface area contributed by atoms with Crippen molar-refractivity contribution in [2.75, 3.05) is 6.61 Å². The van der Waals surface area contributed by atoms with Crippen LogP contribution in [0.1, 0.15) is 32.7 Å². The molecule has 2 rings (SSSR count). The molecule has 146 valence electrons. The number of carboxylic acids is 1. The van der Waals surface area contributed by atoms with Gasteiger partial charge in [-0.15, -0.1) is 0 Å². The molecule has 0 unspecified atom stereocenters. The minimum Gasteiger partial charge on any atom is -0.491 e. The van der Waals surface area contributed by atoms with E-state index in [1.807, 2.05) is 0 Å². The number of nitrogen functional groups attached to an aromatic ring is 1. The van der Waals surface area contributed by atoms with E-state index in [9.17, 15) is 14.4 Å². The number of carboxylic acid groups (broad SMARTS) is 1. The smallest absolute Gasteiger partial charge is 0.305 e. The zero-order chi connectivity index (χ0) is 20.7. The van der Waals surface area contributed by atoms with Gasteiger partial charge in [-0.25, -0.2) is 0 Å². The van der Waals surface area contributed by atoms with Crippen LogP contribution in [0, 0.1) is 5.41 Å². The van der Waals surface area contributed by atoms with Gasteiger partial charge in [0, 0.05) is 16.7 Å². The highest BCUT2D eigenvalue weighted by molar-refractivity contribution is 5.97. The van der Waals surface area contributed by atoms with Crippen LogP contribution >= 0.6 is 0 Å². The van der Waals surface area contributed by atoms with Crippen molar-refractivity contribution in [2.45, 2.75) is 12.5 Å². The summed E-state index contributed by atoms with van der Waals surface area (Å²) < 4.78 is 5.56. The molecule has 0 aliphatic carbocycles. The molecule has 2 aromatic carbocycles. The second kappa shape index (κ2) is 9.17. The van der Waals surface area contributed by atoms with E-state index in [1.165, 1.54) is 24.3 Å². The minimum absolute atomic E-state index is 0.0984. The maximum Gasteiger partial charge on any atom is 0.305 e. The summed E-state index contributed by atoms with van der Waals surface area (Å²) in [5, 5.41) is 19.1. The third-order valence-corrected chi connectivity index (χ3v) is 3.78. The first-order valence-electron chi connectivity index (χ1n) is 8.26. The van der Waals surface area contributed by atoms with Gasteiger partial charge < -0.3 is 26.6 Å². The minimum atomic E-state index is -1.10.